The predicted octanol–water partition coefficient (Wildman–Crippen LogP) is 2.57. The Morgan fingerprint density at radius 2 is 1.96 bits per heavy atom. The first-order valence-corrected chi connectivity index (χ1v) is 11.5. The van der Waals surface area contributed by atoms with Gasteiger partial charge in [0.2, 0.25) is 0 Å². The largest absolute Gasteiger partial charge is 0.381 e. The van der Waals surface area contributed by atoms with Crippen molar-refractivity contribution in [2.24, 2.45) is 4.99 Å². The lowest BCUT2D eigenvalue weighted by Crippen LogP contribution is -2.56. The fraction of sp³-hybridized carbons (Fsp3) is 0.947. The molecule has 8 heteroatoms. The number of ether oxygens (including phenoxy) is 2. The molecule has 2 saturated heterocycles. The van der Waals surface area contributed by atoms with Crippen molar-refractivity contribution in [3.05, 3.63) is 0 Å². The molecule has 0 aromatic heterocycles. The molecular formula is C19H39IN4O2S. The summed E-state index contributed by atoms with van der Waals surface area (Å²) in [5.74, 6) is 3.36. The van der Waals surface area contributed by atoms with Crippen LogP contribution in [0.15, 0.2) is 4.99 Å². The summed E-state index contributed by atoms with van der Waals surface area (Å²) < 4.78 is 11.2. The molecule has 2 rings (SSSR count). The smallest absolute Gasteiger partial charge is 0.191 e. The standard InChI is InChI=1S/C19H38N4O2S.HI/c1-3-5-11-24-12-6-8-21-18(20-4-2)22-16-19(7-15-26-17-19)23-9-13-25-14-10-23;/h3-17H2,1-2H3,(H2,20,21,22);1H. The second-order valence-electron chi connectivity index (χ2n) is 7.07. The van der Waals surface area contributed by atoms with Crippen LogP contribution in [0, 0.1) is 0 Å². The quantitative estimate of drug-likeness (QED) is 0.191. The van der Waals surface area contributed by atoms with Crippen molar-refractivity contribution >= 4 is 41.7 Å². The lowest BCUT2D eigenvalue weighted by molar-refractivity contribution is -0.0104. The number of rotatable bonds is 11. The summed E-state index contributed by atoms with van der Waals surface area (Å²) in [4.78, 5) is 7.56. The molecule has 2 heterocycles. The maximum atomic E-state index is 5.63. The number of hydrogen-bond donors (Lipinski definition) is 2. The maximum absolute atomic E-state index is 5.63. The van der Waals surface area contributed by atoms with E-state index in [-0.39, 0.29) is 29.5 Å². The Morgan fingerprint density at radius 1 is 1.19 bits per heavy atom. The molecule has 2 aliphatic heterocycles. The van der Waals surface area contributed by atoms with E-state index in [9.17, 15) is 0 Å². The monoisotopic (exact) mass is 514 g/mol. The number of guanidine groups is 1. The summed E-state index contributed by atoms with van der Waals surface area (Å²) >= 11 is 2.06. The number of unbranched alkanes of at least 4 members (excludes halogenated alkanes) is 1. The second kappa shape index (κ2) is 15.1. The number of thioether (sulfide) groups is 1. The predicted molar refractivity (Wildman–Crippen MR) is 127 cm³/mol. The van der Waals surface area contributed by atoms with Gasteiger partial charge in [0.15, 0.2) is 5.96 Å². The molecule has 0 spiro atoms. The number of nitrogens with one attached hydrogen (secondary N) is 2. The van der Waals surface area contributed by atoms with Gasteiger partial charge in [-0.1, -0.05) is 13.3 Å². The highest BCUT2D eigenvalue weighted by Crippen LogP contribution is 2.34. The van der Waals surface area contributed by atoms with Crippen LogP contribution in [0.2, 0.25) is 0 Å². The van der Waals surface area contributed by atoms with Crippen LogP contribution in [-0.2, 0) is 9.47 Å². The molecule has 0 bridgehead atoms. The topological polar surface area (TPSA) is 58.1 Å². The molecule has 0 amide bonds. The average molecular weight is 515 g/mol. The van der Waals surface area contributed by atoms with E-state index in [0.29, 0.717) is 0 Å². The lowest BCUT2D eigenvalue weighted by Gasteiger charge is -2.42. The molecule has 0 saturated carbocycles. The molecule has 160 valence electrons. The van der Waals surface area contributed by atoms with Crippen LogP contribution in [0.1, 0.15) is 39.5 Å². The second-order valence-corrected chi connectivity index (χ2v) is 8.17. The molecule has 0 radical (unpaired) electrons. The van der Waals surface area contributed by atoms with E-state index in [1.807, 2.05) is 0 Å². The highest BCUT2D eigenvalue weighted by Gasteiger charge is 2.40. The Balaban J connectivity index is 0.00000364. The van der Waals surface area contributed by atoms with Gasteiger partial charge in [0.1, 0.15) is 0 Å². The Kier molecular flexibility index (Phi) is 14.2. The zero-order valence-electron chi connectivity index (χ0n) is 17.1. The lowest BCUT2D eigenvalue weighted by atomic mass is 9.96. The molecule has 2 N–H and O–H groups in total. The highest BCUT2D eigenvalue weighted by atomic mass is 127. The minimum atomic E-state index is 0. The normalized spacial score (nSPS) is 23.9. The zero-order chi connectivity index (χ0) is 18.5. The van der Waals surface area contributed by atoms with Crippen LogP contribution in [0.5, 0.6) is 0 Å². The summed E-state index contributed by atoms with van der Waals surface area (Å²) in [6.45, 7) is 12.4. The molecule has 0 aromatic rings. The van der Waals surface area contributed by atoms with Gasteiger partial charge in [-0.15, -0.1) is 24.0 Å². The van der Waals surface area contributed by atoms with Gasteiger partial charge in [-0.25, -0.2) is 0 Å². The average Bonchev–Trinajstić information content (AvgIpc) is 3.16. The first-order chi connectivity index (χ1) is 12.8. The van der Waals surface area contributed by atoms with Gasteiger partial charge >= 0.3 is 0 Å². The number of aliphatic imine (C=N–C) groups is 1. The van der Waals surface area contributed by atoms with E-state index >= 15 is 0 Å². The molecule has 2 fully saturated rings. The Labute approximate surface area is 187 Å². The summed E-state index contributed by atoms with van der Waals surface area (Å²) in [6, 6.07) is 0. The third-order valence-electron chi connectivity index (χ3n) is 5.04. The number of morpholine rings is 1. The van der Waals surface area contributed by atoms with Gasteiger partial charge in [-0.3, -0.25) is 9.89 Å². The minimum Gasteiger partial charge on any atom is -0.381 e. The van der Waals surface area contributed by atoms with Crippen molar-refractivity contribution in [3.8, 4) is 0 Å². The number of hydrogen-bond acceptors (Lipinski definition) is 5. The Hall–Kier alpha value is 0.230. The van der Waals surface area contributed by atoms with Crippen molar-refractivity contribution in [1.82, 2.24) is 15.5 Å². The Bertz CT molecular complexity index is 403. The zero-order valence-corrected chi connectivity index (χ0v) is 20.3. The fourth-order valence-corrected chi connectivity index (χ4v) is 4.87. The van der Waals surface area contributed by atoms with Gasteiger partial charge in [-0.05, 0) is 31.9 Å². The third-order valence-corrected chi connectivity index (χ3v) is 6.27. The van der Waals surface area contributed by atoms with Crippen LogP contribution >= 0.6 is 35.7 Å². The van der Waals surface area contributed by atoms with E-state index in [4.69, 9.17) is 14.5 Å². The first kappa shape index (κ1) is 25.3. The third kappa shape index (κ3) is 9.06. The van der Waals surface area contributed by atoms with E-state index in [2.05, 4.69) is 41.1 Å². The van der Waals surface area contributed by atoms with Crippen LogP contribution in [0.3, 0.4) is 0 Å². The summed E-state index contributed by atoms with van der Waals surface area (Å²) in [6.07, 6.45) is 4.59. The summed E-state index contributed by atoms with van der Waals surface area (Å²) in [7, 11) is 0. The van der Waals surface area contributed by atoms with Gasteiger partial charge < -0.3 is 20.1 Å². The van der Waals surface area contributed by atoms with Crippen LogP contribution in [-0.4, -0.2) is 87.1 Å². The van der Waals surface area contributed by atoms with Crippen molar-refractivity contribution in [2.75, 3.05) is 70.7 Å². The van der Waals surface area contributed by atoms with Gasteiger partial charge in [0, 0.05) is 45.1 Å². The van der Waals surface area contributed by atoms with Gasteiger partial charge in [0.05, 0.1) is 25.3 Å². The first-order valence-electron chi connectivity index (χ1n) is 10.3. The van der Waals surface area contributed by atoms with Crippen molar-refractivity contribution < 1.29 is 9.47 Å². The van der Waals surface area contributed by atoms with E-state index < -0.39 is 0 Å². The fourth-order valence-electron chi connectivity index (χ4n) is 3.41. The molecule has 2 aliphatic rings. The molecule has 0 aromatic carbocycles. The molecule has 1 atom stereocenters. The Morgan fingerprint density at radius 3 is 2.63 bits per heavy atom. The summed E-state index contributed by atoms with van der Waals surface area (Å²) in [5.41, 5.74) is 0.208. The van der Waals surface area contributed by atoms with Crippen LogP contribution in [0.4, 0.5) is 0 Å². The molecule has 27 heavy (non-hydrogen) atoms. The highest BCUT2D eigenvalue weighted by molar-refractivity contribution is 14.0. The van der Waals surface area contributed by atoms with E-state index in [1.54, 1.807) is 0 Å². The SMILES string of the molecule is CCCCOCCCNC(=NCC1(N2CCOCC2)CCSC1)NCC.I. The summed E-state index contributed by atoms with van der Waals surface area (Å²) in [5, 5.41) is 6.85. The van der Waals surface area contributed by atoms with E-state index in [0.717, 1.165) is 78.0 Å². The molecular weight excluding hydrogens is 475 g/mol. The minimum absolute atomic E-state index is 0. The van der Waals surface area contributed by atoms with E-state index in [1.165, 1.54) is 24.3 Å². The van der Waals surface area contributed by atoms with Gasteiger partial charge in [-0.2, -0.15) is 11.8 Å². The van der Waals surface area contributed by atoms with Crippen molar-refractivity contribution in [2.45, 2.75) is 45.1 Å². The van der Waals surface area contributed by atoms with Gasteiger partial charge in [0.25, 0.3) is 0 Å². The van der Waals surface area contributed by atoms with Crippen molar-refractivity contribution in [3.63, 3.8) is 0 Å². The van der Waals surface area contributed by atoms with Crippen LogP contribution < -0.4 is 10.6 Å². The molecule has 1 unspecified atom stereocenters. The number of halogens is 1. The molecule has 6 nitrogen and oxygen atoms in total. The maximum Gasteiger partial charge on any atom is 0.191 e. The van der Waals surface area contributed by atoms with Crippen LogP contribution in [0.25, 0.3) is 0 Å². The number of nitrogens with zero attached hydrogens (tertiary/aromatic N) is 2. The molecule has 0 aliphatic carbocycles. The van der Waals surface area contributed by atoms with Crippen molar-refractivity contribution in [1.29, 1.82) is 0 Å².